The fourth-order valence-corrected chi connectivity index (χ4v) is 2.16. The van der Waals surface area contributed by atoms with Crippen LogP contribution in [0.4, 0.5) is 8.78 Å². The van der Waals surface area contributed by atoms with Gasteiger partial charge in [0.05, 0.1) is 5.75 Å². The molecule has 0 atom stereocenters. The largest absolute Gasteiger partial charge is 0.236 e. The Balaban J connectivity index is 3.27. The van der Waals surface area contributed by atoms with Gasteiger partial charge in [0.25, 0.3) is 0 Å². The minimum absolute atomic E-state index is 0.270. The van der Waals surface area contributed by atoms with Crippen molar-refractivity contribution < 1.29 is 17.2 Å². The van der Waals surface area contributed by atoms with Crippen molar-refractivity contribution in [2.45, 2.75) is 19.1 Å². The summed E-state index contributed by atoms with van der Waals surface area (Å²) >= 11 is 0. The molecular formula is C9H9ClF2O2S. The Hall–Kier alpha value is -0.680. The van der Waals surface area contributed by atoms with Crippen LogP contribution < -0.4 is 0 Å². The Morgan fingerprint density at radius 2 is 1.93 bits per heavy atom. The molecule has 0 aliphatic heterocycles. The molecule has 0 amide bonds. The van der Waals surface area contributed by atoms with Crippen LogP contribution in [0, 0.1) is 11.6 Å². The topological polar surface area (TPSA) is 34.1 Å². The number of halogens is 3. The molecule has 0 aliphatic rings. The third kappa shape index (κ3) is 3.14. The van der Waals surface area contributed by atoms with Crippen LogP contribution in [0.25, 0.3) is 0 Å². The fourth-order valence-electron chi connectivity index (χ4n) is 1.22. The predicted molar refractivity (Wildman–Crippen MR) is 54.2 cm³/mol. The molecule has 84 valence electrons. The first kappa shape index (κ1) is 12.4. The van der Waals surface area contributed by atoms with Gasteiger partial charge in [0.15, 0.2) is 0 Å². The Kier molecular flexibility index (Phi) is 3.67. The molecule has 0 unspecified atom stereocenters. The van der Waals surface area contributed by atoms with Gasteiger partial charge in [0.1, 0.15) is 11.6 Å². The van der Waals surface area contributed by atoms with Crippen molar-refractivity contribution in [1.82, 2.24) is 0 Å². The molecule has 1 aromatic carbocycles. The van der Waals surface area contributed by atoms with Crippen LogP contribution in [0.2, 0.25) is 0 Å². The third-order valence-corrected chi connectivity index (χ3v) is 2.92. The summed E-state index contributed by atoms with van der Waals surface area (Å²) in [5.41, 5.74) is -0.226. The minimum atomic E-state index is -3.95. The second kappa shape index (κ2) is 4.45. The molecule has 0 radical (unpaired) electrons. The fraction of sp³-hybridized carbons (Fsp3) is 0.333. The normalized spacial score (nSPS) is 11.7. The molecular weight excluding hydrogens is 246 g/mol. The quantitative estimate of drug-likeness (QED) is 0.777. The van der Waals surface area contributed by atoms with E-state index in [-0.39, 0.29) is 5.56 Å². The summed E-state index contributed by atoms with van der Waals surface area (Å²) in [6.07, 6.45) is 0.363. The van der Waals surface area contributed by atoms with Gasteiger partial charge in [-0.05, 0) is 18.1 Å². The van der Waals surface area contributed by atoms with Crippen molar-refractivity contribution in [3.05, 3.63) is 34.9 Å². The van der Waals surface area contributed by atoms with Gasteiger partial charge in [-0.1, -0.05) is 13.0 Å². The average molecular weight is 255 g/mol. The lowest BCUT2D eigenvalue weighted by Crippen LogP contribution is -2.04. The molecule has 0 fully saturated rings. The van der Waals surface area contributed by atoms with E-state index in [1.807, 2.05) is 0 Å². The summed E-state index contributed by atoms with van der Waals surface area (Å²) in [4.78, 5) is 0. The van der Waals surface area contributed by atoms with Crippen LogP contribution in [0.1, 0.15) is 18.1 Å². The molecule has 0 N–H and O–H groups in total. The van der Waals surface area contributed by atoms with Gasteiger partial charge in [0.2, 0.25) is 9.05 Å². The maximum Gasteiger partial charge on any atom is 0.236 e. The standard InChI is InChI=1S/C9H9ClF2O2S/c1-2-6-3-4-8(11)7(9(6)12)5-15(10,13)14/h3-4H,2,5H2,1H3. The van der Waals surface area contributed by atoms with Crippen LogP contribution in [0.15, 0.2) is 12.1 Å². The van der Waals surface area contributed by atoms with Crippen molar-refractivity contribution >= 4 is 19.7 Å². The molecule has 15 heavy (non-hydrogen) atoms. The third-order valence-electron chi connectivity index (χ3n) is 1.96. The van der Waals surface area contributed by atoms with E-state index in [4.69, 9.17) is 10.7 Å². The van der Waals surface area contributed by atoms with Gasteiger partial charge in [-0.25, -0.2) is 17.2 Å². The van der Waals surface area contributed by atoms with E-state index >= 15 is 0 Å². The van der Waals surface area contributed by atoms with Gasteiger partial charge in [-0.2, -0.15) is 0 Å². The van der Waals surface area contributed by atoms with Crippen molar-refractivity contribution in [2.24, 2.45) is 0 Å². The molecule has 0 aliphatic carbocycles. The predicted octanol–water partition coefficient (Wildman–Crippen LogP) is 2.60. The molecule has 2 nitrogen and oxygen atoms in total. The van der Waals surface area contributed by atoms with Gasteiger partial charge >= 0.3 is 0 Å². The van der Waals surface area contributed by atoms with Crippen LogP contribution in [-0.4, -0.2) is 8.42 Å². The molecule has 0 spiro atoms. The van der Waals surface area contributed by atoms with Crippen LogP contribution in [-0.2, 0) is 21.2 Å². The Morgan fingerprint density at radius 1 is 1.33 bits per heavy atom. The highest BCUT2D eigenvalue weighted by Gasteiger charge is 2.18. The Morgan fingerprint density at radius 3 is 2.40 bits per heavy atom. The van der Waals surface area contributed by atoms with Crippen molar-refractivity contribution in [1.29, 1.82) is 0 Å². The Labute approximate surface area is 91.3 Å². The zero-order valence-electron chi connectivity index (χ0n) is 7.93. The maximum absolute atomic E-state index is 13.5. The van der Waals surface area contributed by atoms with E-state index in [0.29, 0.717) is 6.42 Å². The van der Waals surface area contributed by atoms with E-state index in [1.165, 1.54) is 6.07 Å². The number of hydrogen-bond acceptors (Lipinski definition) is 2. The van der Waals surface area contributed by atoms with E-state index in [1.54, 1.807) is 6.92 Å². The highest BCUT2D eigenvalue weighted by Crippen LogP contribution is 2.21. The lowest BCUT2D eigenvalue weighted by Gasteiger charge is -2.06. The smallest absolute Gasteiger partial charge is 0.212 e. The average Bonchev–Trinajstić information content (AvgIpc) is 2.11. The summed E-state index contributed by atoms with van der Waals surface area (Å²) in [5.74, 6) is -2.56. The first-order valence-electron chi connectivity index (χ1n) is 4.23. The van der Waals surface area contributed by atoms with Crippen molar-refractivity contribution in [3.8, 4) is 0 Å². The van der Waals surface area contributed by atoms with E-state index in [9.17, 15) is 17.2 Å². The molecule has 6 heteroatoms. The van der Waals surface area contributed by atoms with E-state index in [0.717, 1.165) is 6.07 Å². The van der Waals surface area contributed by atoms with E-state index < -0.39 is 32.0 Å². The molecule has 0 heterocycles. The summed E-state index contributed by atoms with van der Waals surface area (Å²) in [6.45, 7) is 1.69. The zero-order valence-corrected chi connectivity index (χ0v) is 9.50. The molecule has 0 saturated heterocycles. The van der Waals surface area contributed by atoms with Gasteiger partial charge < -0.3 is 0 Å². The Bertz CT molecular complexity index is 471. The van der Waals surface area contributed by atoms with E-state index in [2.05, 4.69) is 0 Å². The molecule has 1 aromatic rings. The molecule has 0 bridgehead atoms. The minimum Gasteiger partial charge on any atom is -0.212 e. The second-order valence-corrected chi connectivity index (χ2v) is 5.81. The van der Waals surface area contributed by atoms with Crippen molar-refractivity contribution in [3.63, 3.8) is 0 Å². The van der Waals surface area contributed by atoms with Crippen LogP contribution in [0.3, 0.4) is 0 Å². The number of hydrogen-bond donors (Lipinski definition) is 0. The zero-order chi connectivity index (χ0) is 11.6. The first-order valence-corrected chi connectivity index (χ1v) is 6.71. The lowest BCUT2D eigenvalue weighted by molar-refractivity contribution is 0.551. The van der Waals surface area contributed by atoms with Crippen LogP contribution >= 0.6 is 10.7 Å². The summed E-state index contributed by atoms with van der Waals surface area (Å²) in [5, 5.41) is 0. The molecule has 0 aromatic heterocycles. The summed E-state index contributed by atoms with van der Waals surface area (Å²) in [7, 11) is 0.991. The highest BCUT2D eigenvalue weighted by atomic mass is 35.7. The lowest BCUT2D eigenvalue weighted by atomic mass is 10.1. The molecule has 1 rings (SSSR count). The number of rotatable bonds is 3. The number of aryl methyl sites for hydroxylation is 1. The van der Waals surface area contributed by atoms with Gasteiger partial charge in [-0.15, -0.1) is 0 Å². The highest BCUT2D eigenvalue weighted by molar-refractivity contribution is 8.13. The van der Waals surface area contributed by atoms with Crippen LogP contribution in [0.5, 0.6) is 0 Å². The number of benzene rings is 1. The summed E-state index contributed by atoms with van der Waals surface area (Å²) in [6, 6.07) is 2.33. The van der Waals surface area contributed by atoms with Crippen molar-refractivity contribution in [2.75, 3.05) is 0 Å². The SMILES string of the molecule is CCc1ccc(F)c(CS(=O)(=O)Cl)c1F. The second-order valence-electron chi connectivity index (χ2n) is 3.04. The first-order chi connectivity index (χ1) is 6.85. The monoisotopic (exact) mass is 254 g/mol. The molecule has 0 saturated carbocycles. The maximum atomic E-state index is 13.5. The summed E-state index contributed by atoms with van der Waals surface area (Å²) < 4.78 is 48.1. The van der Waals surface area contributed by atoms with Gasteiger partial charge in [-0.3, -0.25) is 0 Å². The van der Waals surface area contributed by atoms with Gasteiger partial charge in [0, 0.05) is 16.2 Å².